The van der Waals surface area contributed by atoms with E-state index in [1.807, 2.05) is 13.8 Å². The van der Waals surface area contributed by atoms with E-state index in [1.54, 1.807) is 0 Å². The monoisotopic (exact) mass is 418 g/mol. The summed E-state index contributed by atoms with van der Waals surface area (Å²) < 4.78 is 0. The molecule has 7 unspecified atom stereocenters. The quantitative estimate of drug-likeness (QED) is 0.519. The molecule has 4 aliphatic carbocycles. The zero-order valence-electron chi connectivity index (χ0n) is 20.0. The molecule has 0 aliphatic heterocycles. The average molecular weight is 419 g/mol. The lowest BCUT2D eigenvalue weighted by molar-refractivity contribution is -0.0971. The number of hydrogen-bond acceptors (Lipinski definition) is 3. The van der Waals surface area contributed by atoms with Crippen LogP contribution in [0.15, 0.2) is 11.6 Å². The first-order valence-electron chi connectivity index (χ1n) is 12.8. The van der Waals surface area contributed by atoms with Crippen LogP contribution in [0.25, 0.3) is 0 Å². The van der Waals surface area contributed by atoms with Crippen molar-refractivity contribution in [2.75, 3.05) is 0 Å². The molecular formula is C27H46O3. The minimum atomic E-state index is -0.556. The first kappa shape index (κ1) is 22.8. The van der Waals surface area contributed by atoms with Crippen LogP contribution in [0.1, 0.15) is 98.8 Å². The summed E-state index contributed by atoms with van der Waals surface area (Å²) in [6.07, 6.45) is 12.6. The Morgan fingerprint density at radius 3 is 2.50 bits per heavy atom. The van der Waals surface area contributed by atoms with Gasteiger partial charge in [-0.3, -0.25) is 0 Å². The molecule has 30 heavy (non-hydrogen) atoms. The lowest BCUT2D eigenvalue weighted by Crippen LogP contribution is -2.54. The zero-order chi connectivity index (χ0) is 21.9. The van der Waals surface area contributed by atoms with Crippen LogP contribution < -0.4 is 0 Å². The predicted molar refractivity (Wildman–Crippen MR) is 122 cm³/mol. The molecule has 3 N–H and O–H groups in total. The SMILES string of the molecule is CC(CCCC(C)(C)O)C1CCC2C3C(CCC12C)C1(C)CC[C@H](O)CC1=C[C@@H]3O. The topological polar surface area (TPSA) is 60.7 Å². The number of fused-ring (bicyclic) bond motifs is 5. The minimum absolute atomic E-state index is 0.181. The highest BCUT2D eigenvalue weighted by molar-refractivity contribution is 5.27. The molecule has 3 heteroatoms. The van der Waals surface area contributed by atoms with Crippen molar-refractivity contribution in [2.24, 2.45) is 40.4 Å². The summed E-state index contributed by atoms with van der Waals surface area (Å²) in [4.78, 5) is 0. The molecule has 3 fully saturated rings. The van der Waals surface area contributed by atoms with Crippen LogP contribution in [-0.4, -0.2) is 33.1 Å². The third kappa shape index (κ3) is 3.82. The summed E-state index contributed by atoms with van der Waals surface area (Å²) in [6, 6.07) is 0. The normalized spacial score (nSPS) is 47.1. The molecule has 0 radical (unpaired) electrons. The van der Waals surface area contributed by atoms with Gasteiger partial charge in [-0.2, -0.15) is 0 Å². The summed E-state index contributed by atoms with van der Waals surface area (Å²) in [5, 5.41) is 31.6. The Labute approximate surface area is 184 Å². The van der Waals surface area contributed by atoms with Crippen molar-refractivity contribution in [1.82, 2.24) is 0 Å². The van der Waals surface area contributed by atoms with E-state index in [0.717, 1.165) is 38.0 Å². The van der Waals surface area contributed by atoms with Gasteiger partial charge in [0.1, 0.15) is 0 Å². The molecule has 0 aromatic rings. The summed E-state index contributed by atoms with van der Waals surface area (Å²) in [7, 11) is 0. The molecule has 0 aromatic carbocycles. The Hall–Kier alpha value is -0.380. The molecule has 0 heterocycles. The Morgan fingerprint density at radius 2 is 1.80 bits per heavy atom. The molecule has 9 atom stereocenters. The fraction of sp³-hybridized carbons (Fsp3) is 0.926. The van der Waals surface area contributed by atoms with E-state index in [1.165, 1.54) is 37.7 Å². The van der Waals surface area contributed by atoms with Crippen LogP contribution in [0.4, 0.5) is 0 Å². The largest absolute Gasteiger partial charge is 0.393 e. The summed E-state index contributed by atoms with van der Waals surface area (Å²) in [5.41, 5.74) is 1.31. The van der Waals surface area contributed by atoms with Gasteiger partial charge < -0.3 is 15.3 Å². The smallest absolute Gasteiger partial charge is 0.0757 e. The molecule has 4 rings (SSSR count). The molecule has 172 valence electrons. The Kier molecular flexibility index (Phi) is 5.99. The average Bonchev–Trinajstić information content (AvgIpc) is 2.99. The van der Waals surface area contributed by atoms with Gasteiger partial charge in [-0.05, 0) is 106 Å². The van der Waals surface area contributed by atoms with Crippen LogP contribution in [0.5, 0.6) is 0 Å². The maximum atomic E-state index is 11.3. The third-order valence-electron chi connectivity index (χ3n) is 10.3. The lowest BCUT2D eigenvalue weighted by Gasteiger charge is -2.59. The summed E-state index contributed by atoms with van der Waals surface area (Å²) in [5.74, 6) is 3.01. The van der Waals surface area contributed by atoms with E-state index in [2.05, 4.69) is 26.8 Å². The highest BCUT2D eigenvalue weighted by Gasteiger charge is 2.61. The van der Waals surface area contributed by atoms with E-state index in [4.69, 9.17) is 0 Å². The Balaban J connectivity index is 1.52. The number of hydrogen-bond donors (Lipinski definition) is 3. The maximum absolute atomic E-state index is 11.3. The summed E-state index contributed by atoms with van der Waals surface area (Å²) >= 11 is 0. The van der Waals surface area contributed by atoms with Gasteiger partial charge in [0.2, 0.25) is 0 Å². The van der Waals surface area contributed by atoms with Crippen molar-refractivity contribution < 1.29 is 15.3 Å². The van der Waals surface area contributed by atoms with Crippen molar-refractivity contribution in [3.8, 4) is 0 Å². The van der Waals surface area contributed by atoms with Gasteiger partial charge in [0.15, 0.2) is 0 Å². The van der Waals surface area contributed by atoms with Crippen LogP contribution in [0.3, 0.4) is 0 Å². The van der Waals surface area contributed by atoms with E-state index in [0.29, 0.717) is 29.1 Å². The fourth-order valence-corrected chi connectivity index (χ4v) is 8.66. The van der Waals surface area contributed by atoms with Gasteiger partial charge in [0.05, 0.1) is 17.8 Å². The fourth-order valence-electron chi connectivity index (χ4n) is 8.66. The van der Waals surface area contributed by atoms with Gasteiger partial charge >= 0.3 is 0 Å². The molecule has 4 aliphatic rings. The van der Waals surface area contributed by atoms with E-state index in [-0.39, 0.29) is 17.6 Å². The lowest BCUT2D eigenvalue weighted by atomic mass is 9.46. The molecule has 0 saturated heterocycles. The van der Waals surface area contributed by atoms with Crippen LogP contribution in [0, 0.1) is 40.4 Å². The van der Waals surface area contributed by atoms with Crippen molar-refractivity contribution in [3.05, 3.63) is 11.6 Å². The van der Waals surface area contributed by atoms with Crippen molar-refractivity contribution in [1.29, 1.82) is 0 Å². The maximum Gasteiger partial charge on any atom is 0.0757 e. The van der Waals surface area contributed by atoms with E-state index < -0.39 is 5.60 Å². The molecule has 0 spiro atoms. The van der Waals surface area contributed by atoms with E-state index in [9.17, 15) is 15.3 Å². The highest BCUT2D eigenvalue weighted by Crippen LogP contribution is 2.67. The molecular weight excluding hydrogens is 372 g/mol. The van der Waals surface area contributed by atoms with Gasteiger partial charge in [-0.1, -0.05) is 45.3 Å². The Morgan fingerprint density at radius 1 is 1.07 bits per heavy atom. The van der Waals surface area contributed by atoms with Crippen LogP contribution >= 0.6 is 0 Å². The second kappa shape index (κ2) is 7.89. The van der Waals surface area contributed by atoms with Crippen molar-refractivity contribution >= 4 is 0 Å². The van der Waals surface area contributed by atoms with E-state index >= 15 is 0 Å². The molecule has 3 saturated carbocycles. The second-order valence-electron chi connectivity index (χ2n) is 12.7. The predicted octanol–water partition coefficient (Wildman–Crippen LogP) is 5.47. The van der Waals surface area contributed by atoms with Gasteiger partial charge in [-0.25, -0.2) is 0 Å². The highest BCUT2D eigenvalue weighted by atomic mass is 16.3. The van der Waals surface area contributed by atoms with Gasteiger partial charge in [0, 0.05) is 0 Å². The molecule has 0 amide bonds. The molecule has 3 nitrogen and oxygen atoms in total. The Bertz CT molecular complexity index is 664. The molecule has 0 bridgehead atoms. The molecule has 0 aromatic heterocycles. The van der Waals surface area contributed by atoms with Crippen molar-refractivity contribution in [2.45, 2.75) is 117 Å². The van der Waals surface area contributed by atoms with Crippen LogP contribution in [0.2, 0.25) is 0 Å². The summed E-state index contributed by atoms with van der Waals surface area (Å²) in [6.45, 7) is 11.2. The first-order valence-corrected chi connectivity index (χ1v) is 12.8. The third-order valence-corrected chi connectivity index (χ3v) is 10.3. The number of aliphatic hydroxyl groups is 3. The zero-order valence-corrected chi connectivity index (χ0v) is 20.0. The number of rotatable bonds is 5. The van der Waals surface area contributed by atoms with Gasteiger partial charge in [-0.15, -0.1) is 0 Å². The standard InChI is InChI=1S/C27H46O3/c1-17(7-6-12-25(2,3)30)20-8-9-21-24-22(11-14-27(20,21)5)26(4)13-10-19(28)15-18(26)16-23(24)29/h16-17,19-24,28-30H,6-15H2,1-5H3/t17?,19-,20?,21?,22?,23-,24?,26?,27?/m0/s1. The first-order chi connectivity index (χ1) is 14.0. The van der Waals surface area contributed by atoms with Gasteiger partial charge in [0.25, 0.3) is 0 Å². The van der Waals surface area contributed by atoms with Crippen molar-refractivity contribution in [3.63, 3.8) is 0 Å². The van der Waals surface area contributed by atoms with Crippen LogP contribution in [-0.2, 0) is 0 Å². The number of aliphatic hydroxyl groups excluding tert-OH is 2. The minimum Gasteiger partial charge on any atom is -0.393 e. The second-order valence-corrected chi connectivity index (χ2v) is 12.7.